The molecule has 0 bridgehead atoms. The average Bonchev–Trinajstić information content (AvgIpc) is 3.31. The Kier molecular flexibility index (Phi) is 4.80. The largest absolute Gasteiger partial charge is 0.323 e. The molecule has 2 heterocycles. The van der Waals surface area contributed by atoms with Gasteiger partial charge in [0.15, 0.2) is 0 Å². The van der Waals surface area contributed by atoms with Crippen LogP contribution in [0.1, 0.15) is 29.3 Å². The van der Waals surface area contributed by atoms with Crippen LogP contribution in [0.15, 0.2) is 72.8 Å². The zero-order valence-corrected chi connectivity index (χ0v) is 17.5. The maximum Gasteiger partial charge on any atom is 0.227 e. The first-order chi connectivity index (χ1) is 14.6. The molecule has 1 amide bonds. The Morgan fingerprint density at radius 2 is 1.73 bits per heavy atom. The molecule has 1 aromatic heterocycles. The second-order valence-corrected chi connectivity index (χ2v) is 8.35. The van der Waals surface area contributed by atoms with E-state index in [4.69, 9.17) is 16.6 Å². The van der Waals surface area contributed by atoms with Gasteiger partial charge in [-0.3, -0.25) is 4.79 Å². The lowest BCUT2D eigenvalue weighted by atomic mass is 10.1. The molecule has 30 heavy (non-hydrogen) atoms. The van der Waals surface area contributed by atoms with Gasteiger partial charge in [0.1, 0.15) is 5.82 Å². The molecule has 3 aromatic carbocycles. The van der Waals surface area contributed by atoms with Crippen LogP contribution in [-0.2, 0) is 11.3 Å². The van der Waals surface area contributed by atoms with Crippen molar-refractivity contribution in [3.63, 3.8) is 0 Å². The van der Waals surface area contributed by atoms with Crippen molar-refractivity contribution in [1.82, 2.24) is 9.55 Å². The number of aromatic nitrogens is 2. The molecule has 4 nitrogen and oxygen atoms in total. The number of carbonyl (C=O) groups excluding carboxylic acids is 1. The summed E-state index contributed by atoms with van der Waals surface area (Å²) in [5, 5.41) is 0.668. The van der Waals surface area contributed by atoms with Crippen LogP contribution in [0.3, 0.4) is 0 Å². The van der Waals surface area contributed by atoms with Gasteiger partial charge >= 0.3 is 0 Å². The van der Waals surface area contributed by atoms with E-state index in [0.717, 1.165) is 29.1 Å². The van der Waals surface area contributed by atoms with Crippen LogP contribution in [-0.4, -0.2) is 22.0 Å². The van der Waals surface area contributed by atoms with Gasteiger partial charge in [0.2, 0.25) is 5.91 Å². The van der Waals surface area contributed by atoms with Crippen LogP contribution >= 0.6 is 11.6 Å². The number of amides is 1. The van der Waals surface area contributed by atoms with E-state index in [1.54, 1.807) is 0 Å². The third-order valence-corrected chi connectivity index (χ3v) is 6.03. The number of nitrogens with zero attached hydrogens (tertiary/aromatic N) is 3. The predicted molar refractivity (Wildman–Crippen MR) is 121 cm³/mol. The number of carbonyl (C=O) groups is 1. The van der Waals surface area contributed by atoms with Crippen molar-refractivity contribution >= 4 is 34.2 Å². The summed E-state index contributed by atoms with van der Waals surface area (Å²) in [4.78, 5) is 19.6. The van der Waals surface area contributed by atoms with Gasteiger partial charge in [-0.1, -0.05) is 53.6 Å². The highest BCUT2D eigenvalue weighted by atomic mass is 35.5. The Labute approximate surface area is 180 Å². The number of hydrogen-bond donors (Lipinski definition) is 0. The Morgan fingerprint density at radius 1 is 1.00 bits per heavy atom. The Hall–Kier alpha value is -3.11. The standard InChI is InChI=1S/C25H22ClN3O/c1-17-6-8-18(9-7-17)15-29-23-5-3-2-4-22(23)27-25(29)19-14-24(30)28(16-19)21-12-10-20(26)11-13-21/h2-13,19H,14-16H2,1H3/t19-/m1/s1. The lowest BCUT2D eigenvalue weighted by Crippen LogP contribution is -2.24. The zero-order valence-electron chi connectivity index (χ0n) is 16.8. The molecule has 1 aliphatic heterocycles. The number of halogens is 1. The molecule has 0 N–H and O–H groups in total. The van der Waals surface area contributed by atoms with E-state index in [-0.39, 0.29) is 11.8 Å². The zero-order chi connectivity index (χ0) is 20.7. The SMILES string of the molecule is Cc1ccc(Cn2c([C@@H]3CC(=O)N(c4ccc(Cl)cc4)C3)nc3ccccc32)cc1. The maximum atomic E-state index is 12.8. The predicted octanol–water partition coefficient (Wildman–Crippen LogP) is 5.57. The van der Waals surface area contributed by atoms with Gasteiger partial charge in [0.25, 0.3) is 0 Å². The van der Waals surface area contributed by atoms with E-state index in [1.165, 1.54) is 11.1 Å². The summed E-state index contributed by atoms with van der Waals surface area (Å²) in [6.45, 7) is 3.46. The lowest BCUT2D eigenvalue weighted by molar-refractivity contribution is -0.117. The third-order valence-electron chi connectivity index (χ3n) is 5.77. The number of aryl methyl sites for hydroxylation is 1. The summed E-state index contributed by atoms with van der Waals surface area (Å²) in [7, 11) is 0. The molecule has 0 spiro atoms. The monoisotopic (exact) mass is 415 g/mol. The van der Waals surface area contributed by atoms with Gasteiger partial charge in [-0.2, -0.15) is 0 Å². The van der Waals surface area contributed by atoms with Crippen LogP contribution in [0.5, 0.6) is 0 Å². The highest BCUT2D eigenvalue weighted by molar-refractivity contribution is 6.30. The van der Waals surface area contributed by atoms with Gasteiger partial charge in [0, 0.05) is 36.1 Å². The van der Waals surface area contributed by atoms with Crippen molar-refractivity contribution in [2.45, 2.75) is 25.8 Å². The quantitative estimate of drug-likeness (QED) is 0.437. The first kappa shape index (κ1) is 18.9. The fourth-order valence-electron chi connectivity index (χ4n) is 4.20. The first-order valence-electron chi connectivity index (χ1n) is 10.1. The lowest BCUT2D eigenvalue weighted by Gasteiger charge is -2.17. The molecular weight excluding hydrogens is 394 g/mol. The minimum absolute atomic E-state index is 0.0472. The Bertz CT molecular complexity index is 1210. The van der Waals surface area contributed by atoms with Crippen LogP contribution in [0, 0.1) is 6.92 Å². The molecule has 4 aromatic rings. The summed E-state index contributed by atoms with van der Waals surface area (Å²) in [5.74, 6) is 1.14. The van der Waals surface area contributed by atoms with Crippen LogP contribution < -0.4 is 4.90 Å². The number of imidazole rings is 1. The van der Waals surface area contributed by atoms with Gasteiger partial charge in [-0.25, -0.2) is 4.98 Å². The normalized spacial score (nSPS) is 16.5. The van der Waals surface area contributed by atoms with E-state index in [1.807, 2.05) is 47.4 Å². The number of para-hydroxylation sites is 2. The molecule has 0 saturated carbocycles. The van der Waals surface area contributed by atoms with Crippen LogP contribution in [0.2, 0.25) is 5.02 Å². The summed E-state index contributed by atoms with van der Waals surface area (Å²) >= 11 is 6.02. The van der Waals surface area contributed by atoms with Crippen molar-refractivity contribution in [2.24, 2.45) is 0 Å². The van der Waals surface area contributed by atoms with E-state index in [0.29, 0.717) is 18.0 Å². The van der Waals surface area contributed by atoms with Gasteiger partial charge in [-0.15, -0.1) is 0 Å². The molecule has 1 fully saturated rings. The molecule has 0 aliphatic carbocycles. The Morgan fingerprint density at radius 3 is 2.50 bits per heavy atom. The maximum absolute atomic E-state index is 12.8. The van der Waals surface area contributed by atoms with Crippen molar-refractivity contribution in [3.05, 3.63) is 94.8 Å². The van der Waals surface area contributed by atoms with Gasteiger partial charge < -0.3 is 9.47 Å². The summed E-state index contributed by atoms with van der Waals surface area (Å²) in [5.41, 5.74) is 5.42. The number of fused-ring (bicyclic) bond motifs is 1. The fraction of sp³-hybridized carbons (Fsp3) is 0.200. The van der Waals surface area contributed by atoms with Crippen molar-refractivity contribution < 1.29 is 4.79 Å². The number of benzene rings is 3. The summed E-state index contributed by atoms with van der Waals surface area (Å²) in [6.07, 6.45) is 0.458. The number of rotatable bonds is 4. The van der Waals surface area contributed by atoms with Crippen molar-refractivity contribution in [2.75, 3.05) is 11.4 Å². The van der Waals surface area contributed by atoms with E-state index in [2.05, 4.69) is 41.8 Å². The highest BCUT2D eigenvalue weighted by Crippen LogP contribution is 2.34. The topological polar surface area (TPSA) is 38.1 Å². The molecule has 150 valence electrons. The van der Waals surface area contributed by atoms with Crippen molar-refractivity contribution in [3.8, 4) is 0 Å². The fourth-order valence-corrected chi connectivity index (χ4v) is 4.33. The van der Waals surface area contributed by atoms with Crippen molar-refractivity contribution in [1.29, 1.82) is 0 Å². The summed E-state index contributed by atoms with van der Waals surface area (Å²) < 4.78 is 2.27. The number of anilines is 1. The third kappa shape index (κ3) is 3.48. The number of hydrogen-bond acceptors (Lipinski definition) is 2. The molecular formula is C25H22ClN3O. The van der Waals surface area contributed by atoms with Crippen LogP contribution in [0.25, 0.3) is 11.0 Å². The average molecular weight is 416 g/mol. The minimum Gasteiger partial charge on any atom is -0.323 e. The summed E-state index contributed by atoms with van der Waals surface area (Å²) in [6, 6.07) is 24.2. The Balaban J connectivity index is 1.51. The molecule has 1 saturated heterocycles. The first-order valence-corrected chi connectivity index (χ1v) is 10.5. The van der Waals surface area contributed by atoms with Crippen LogP contribution in [0.4, 0.5) is 5.69 Å². The van der Waals surface area contributed by atoms with Gasteiger partial charge in [0.05, 0.1) is 11.0 Å². The van der Waals surface area contributed by atoms with E-state index >= 15 is 0 Å². The molecule has 5 rings (SSSR count). The molecule has 0 radical (unpaired) electrons. The second kappa shape index (κ2) is 7.62. The van der Waals surface area contributed by atoms with Gasteiger partial charge in [-0.05, 0) is 48.9 Å². The molecule has 1 aliphatic rings. The van der Waals surface area contributed by atoms with E-state index < -0.39 is 0 Å². The smallest absolute Gasteiger partial charge is 0.227 e. The molecule has 5 heteroatoms. The minimum atomic E-state index is 0.0472. The highest BCUT2D eigenvalue weighted by Gasteiger charge is 2.34. The second-order valence-electron chi connectivity index (χ2n) is 7.91. The van der Waals surface area contributed by atoms with E-state index in [9.17, 15) is 4.79 Å². The molecule has 0 unspecified atom stereocenters. The molecule has 1 atom stereocenters.